The van der Waals surface area contributed by atoms with Crippen LogP contribution in [0.15, 0.2) is 24.3 Å². The minimum Gasteiger partial charge on any atom is -0.359 e. The fourth-order valence-corrected chi connectivity index (χ4v) is 5.00. The number of piperidine rings is 1. The lowest BCUT2D eigenvalue weighted by atomic mass is 9.91. The van der Waals surface area contributed by atoms with Crippen LogP contribution >= 0.6 is 0 Å². The number of rotatable bonds is 7. The quantitative estimate of drug-likeness (QED) is 0.756. The van der Waals surface area contributed by atoms with Gasteiger partial charge in [0.15, 0.2) is 0 Å². The molecule has 1 N–H and O–H groups in total. The highest BCUT2D eigenvalue weighted by Gasteiger charge is 2.32. The molecule has 0 unspecified atom stereocenters. The molecule has 160 valence electrons. The molecule has 1 aliphatic carbocycles. The van der Waals surface area contributed by atoms with Gasteiger partial charge < -0.3 is 15.1 Å². The van der Waals surface area contributed by atoms with Crippen LogP contribution in [0.1, 0.15) is 70.3 Å². The highest BCUT2D eigenvalue weighted by molar-refractivity contribution is 5.96. The van der Waals surface area contributed by atoms with Crippen LogP contribution in [0.2, 0.25) is 0 Å². The lowest BCUT2D eigenvalue weighted by Crippen LogP contribution is -2.50. The first kappa shape index (κ1) is 21.8. The van der Waals surface area contributed by atoms with Crippen molar-refractivity contribution in [2.75, 3.05) is 25.0 Å². The molecule has 0 bridgehead atoms. The van der Waals surface area contributed by atoms with Gasteiger partial charge in [0.05, 0.1) is 0 Å². The van der Waals surface area contributed by atoms with Crippen molar-refractivity contribution in [2.45, 2.75) is 83.2 Å². The van der Waals surface area contributed by atoms with Gasteiger partial charge in [0.25, 0.3) is 0 Å². The number of nitrogens with one attached hydrogen (secondary N) is 1. The Morgan fingerprint density at radius 2 is 1.72 bits per heavy atom. The van der Waals surface area contributed by atoms with Gasteiger partial charge in [0.2, 0.25) is 11.8 Å². The third-order valence-electron chi connectivity index (χ3n) is 6.70. The van der Waals surface area contributed by atoms with E-state index in [-0.39, 0.29) is 30.7 Å². The number of carbonyl (C=O) groups excluding carboxylic acids is 2. The molecule has 1 aromatic rings. The Kier molecular flexibility index (Phi) is 8.10. The Balaban J connectivity index is 1.73. The summed E-state index contributed by atoms with van der Waals surface area (Å²) in [4.78, 5) is 29.6. The van der Waals surface area contributed by atoms with Gasteiger partial charge in [-0.25, -0.2) is 0 Å². The smallest absolute Gasteiger partial charge is 0.227 e. The predicted octanol–water partition coefficient (Wildman–Crippen LogP) is 3.91. The monoisotopic (exact) mass is 399 g/mol. The molecule has 1 aliphatic heterocycles. The number of para-hydroxylation sites is 1. The second-order valence-corrected chi connectivity index (χ2v) is 8.48. The van der Waals surface area contributed by atoms with E-state index in [0.29, 0.717) is 0 Å². The molecule has 1 aromatic carbocycles. The Bertz CT molecular complexity index is 676. The van der Waals surface area contributed by atoms with Gasteiger partial charge in [0.1, 0.15) is 0 Å². The van der Waals surface area contributed by atoms with Crippen LogP contribution in [0.25, 0.3) is 0 Å². The number of amides is 2. The Morgan fingerprint density at radius 3 is 2.38 bits per heavy atom. The van der Waals surface area contributed by atoms with Crippen LogP contribution in [0.5, 0.6) is 0 Å². The van der Waals surface area contributed by atoms with Gasteiger partial charge in [-0.2, -0.15) is 0 Å². The Hall–Kier alpha value is -1.88. The van der Waals surface area contributed by atoms with Crippen LogP contribution < -0.4 is 10.2 Å². The SMILES string of the molecule is CCc1ccccc1N(C(=O)CCC(=O)NC)C1CCN(C2CCCCC2)CC1. The Morgan fingerprint density at radius 1 is 1.03 bits per heavy atom. The Labute approximate surface area is 175 Å². The molecule has 0 aromatic heterocycles. The molecule has 1 heterocycles. The predicted molar refractivity (Wildman–Crippen MR) is 118 cm³/mol. The van der Waals surface area contributed by atoms with Crippen molar-refractivity contribution in [2.24, 2.45) is 0 Å². The van der Waals surface area contributed by atoms with Gasteiger partial charge in [-0.1, -0.05) is 44.4 Å². The highest BCUT2D eigenvalue weighted by atomic mass is 16.2. The number of hydrogen-bond acceptors (Lipinski definition) is 3. The summed E-state index contributed by atoms with van der Waals surface area (Å²) in [7, 11) is 1.62. The number of carbonyl (C=O) groups is 2. The van der Waals surface area contributed by atoms with E-state index >= 15 is 0 Å². The van der Waals surface area contributed by atoms with E-state index in [0.717, 1.165) is 44.1 Å². The van der Waals surface area contributed by atoms with Gasteiger partial charge in [-0.15, -0.1) is 0 Å². The molecule has 0 spiro atoms. The molecule has 3 rings (SSSR count). The molecular formula is C24H37N3O2. The molecular weight excluding hydrogens is 362 g/mol. The third kappa shape index (κ3) is 5.59. The van der Waals surface area contributed by atoms with Gasteiger partial charge in [-0.05, 0) is 43.7 Å². The lowest BCUT2D eigenvalue weighted by Gasteiger charge is -2.43. The fourth-order valence-electron chi connectivity index (χ4n) is 5.00. The topological polar surface area (TPSA) is 52.7 Å². The van der Waals surface area contributed by atoms with E-state index in [1.54, 1.807) is 7.05 Å². The summed E-state index contributed by atoms with van der Waals surface area (Å²) in [6.45, 7) is 4.28. The summed E-state index contributed by atoms with van der Waals surface area (Å²) in [6, 6.07) is 9.21. The van der Waals surface area contributed by atoms with Crippen molar-refractivity contribution >= 4 is 17.5 Å². The summed E-state index contributed by atoms with van der Waals surface area (Å²) in [5, 5.41) is 2.63. The van der Waals surface area contributed by atoms with E-state index in [2.05, 4.69) is 29.3 Å². The maximum Gasteiger partial charge on any atom is 0.227 e. The number of hydrogen-bond donors (Lipinski definition) is 1. The molecule has 2 fully saturated rings. The van der Waals surface area contributed by atoms with Crippen LogP contribution in [0.4, 0.5) is 5.69 Å². The van der Waals surface area contributed by atoms with E-state index in [9.17, 15) is 9.59 Å². The molecule has 5 nitrogen and oxygen atoms in total. The minimum atomic E-state index is -0.0748. The van der Waals surface area contributed by atoms with E-state index in [1.165, 1.54) is 37.7 Å². The van der Waals surface area contributed by atoms with Crippen molar-refractivity contribution in [3.8, 4) is 0 Å². The summed E-state index contributed by atoms with van der Waals surface area (Å²) in [6.07, 6.45) is 10.2. The zero-order valence-electron chi connectivity index (χ0n) is 18.2. The number of likely N-dealkylation sites (tertiary alicyclic amines) is 1. The first-order valence-electron chi connectivity index (χ1n) is 11.5. The van der Waals surface area contributed by atoms with Crippen molar-refractivity contribution in [1.82, 2.24) is 10.2 Å². The number of anilines is 1. The highest BCUT2D eigenvalue weighted by Crippen LogP contribution is 2.31. The number of aryl methyl sites for hydroxylation is 1. The summed E-state index contributed by atoms with van der Waals surface area (Å²) in [5.74, 6) is -0.000175. The first-order valence-corrected chi connectivity index (χ1v) is 11.5. The van der Waals surface area contributed by atoms with E-state index in [1.807, 2.05) is 17.0 Å². The fraction of sp³-hybridized carbons (Fsp3) is 0.667. The van der Waals surface area contributed by atoms with Crippen LogP contribution in [0, 0.1) is 0 Å². The molecule has 0 atom stereocenters. The van der Waals surface area contributed by atoms with E-state index < -0.39 is 0 Å². The van der Waals surface area contributed by atoms with Crippen molar-refractivity contribution in [3.05, 3.63) is 29.8 Å². The molecule has 2 amide bonds. The number of benzene rings is 1. The van der Waals surface area contributed by atoms with Crippen molar-refractivity contribution in [1.29, 1.82) is 0 Å². The first-order chi connectivity index (χ1) is 14.1. The molecule has 1 saturated carbocycles. The van der Waals surface area contributed by atoms with Gasteiger partial charge >= 0.3 is 0 Å². The maximum absolute atomic E-state index is 13.2. The largest absolute Gasteiger partial charge is 0.359 e. The normalized spacial score (nSPS) is 19.1. The second kappa shape index (κ2) is 10.8. The second-order valence-electron chi connectivity index (χ2n) is 8.48. The average Bonchev–Trinajstić information content (AvgIpc) is 2.79. The summed E-state index contributed by atoms with van der Waals surface area (Å²) >= 11 is 0. The summed E-state index contributed by atoms with van der Waals surface area (Å²) < 4.78 is 0. The van der Waals surface area contributed by atoms with Gasteiger partial charge in [-0.3, -0.25) is 9.59 Å². The van der Waals surface area contributed by atoms with Crippen LogP contribution in [-0.2, 0) is 16.0 Å². The molecule has 2 aliphatic rings. The van der Waals surface area contributed by atoms with E-state index in [4.69, 9.17) is 0 Å². The third-order valence-corrected chi connectivity index (χ3v) is 6.70. The van der Waals surface area contributed by atoms with Crippen LogP contribution in [-0.4, -0.2) is 48.9 Å². The molecule has 1 saturated heterocycles. The zero-order chi connectivity index (χ0) is 20.6. The van der Waals surface area contributed by atoms with Crippen molar-refractivity contribution in [3.63, 3.8) is 0 Å². The van der Waals surface area contributed by atoms with Crippen LogP contribution in [0.3, 0.4) is 0 Å². The lowest BCUT2D eigenvalue weighted by molar-refractivity contribution is -0.125. The van der Waals surface area contributed by atoms with Crippen molar-refractivity contribution < 1.29 is 9.59 Å². The standard InChI is InChI=1S/C24H37N3O2/c1-3-19-9-7-8-12-22(19)27(24(29)14-13-23(28)25-2)21-15-17-26(18-16-21)20-10-5-4-6-11-20/h7-9,12,20-21H,3-6,10-11,13-18H2,1-2H3,(H,25,28). The minimum absolute atomic E-state index is 0.0746. The molecule has 5 heteroatoms. The molecule has 29 heavy (non-hydrogen) atoms. The van der Waals surface area contributed by atoms with Gasteiger partial charge in [0, 0.05) is 50.7 Å². The zero-order valence-corrected chi connectivity index (χ0v) is 18.2. The maximum atomic E-state index is 13.2. The average molecular weight is 400 g/mol. The number of nitrogens with zero attached hydrogens (tertiary/aromatic N) is 2. The molecule has 0 radical (unpaired) electrons. The summed E-state index contributed by atoms with van der Waals surface area (Å²) in [5.41, 5.74) is 2.24.